The largest absolute Gasteiger partial charge is 0.350 e. The van der Waals surface area contributed by atoms with Crippen molar-refractivity contribution in [2.24, 2.45) is 5.92 Å². The number of carbonyl (C=O) groups is 2. The summed E-state index contributed by atoms with van der Waals surface area (Å²) in [5.41, 5.74) is 0.938. The molecule has 32 heavy (non-hydrogen) atoms. The van der Waals surface area contributed by atoms with Crippen molar-refractivity contribution in [3.05, 3.63) is 64.7 Å². The van der Waals surface area contributed by atoms with Gasteiger partial charge in [-0.15, -0.1) is 0 Å². The number of sulfonamides is 1. The molecule has 0 aliphatic carbocycles. The summed E-state index contributed by atoms with van der Waals surface area (Å²) in [5, 5.41) is 6.08. The van der Waals surface area contributed by atoms with Gasteiger partial charge in [0.15, 0.2) is 0 Å². The molecule has 0 radical (unpaired) electrons. The minimum atomic E-state index is -3.70. The van der Waals surface area contributed by atoms with E-state index in [2.05, 4.69) is 10.6 Å². The van der Waals surface area contributed by atoms with Gasteiger partial charge in [-0.05, 0) is 35.7 Å². The molecule has 2 aromatic rings. The van der Waals surface area contributed by atoms with Crippen molar-refractivity contribution in [1.82, 2.24) is 14.9 Å². The monoisotopic (exact) mass is 479 g/mol. The summed E-state index contributed by atoms with van der Waals surface area (Å²) in [6.07, 6.45) is 0. The summed E-state index contributed by atoms with van der Waals surface area (Å²) in [6.45, 7) is 8.04. The van der Waals surface area contributed by atoms with E-state index in [0.29, 0.717) is 18.1 Å². The molecule has 1 unspecified atom stereocenters. The van der Waals surface area contributed by atoms with Crippen molar-refractivity contribution in [2.75, 3.05) is 13.1 Å². The molecule has 0 heterocycles. The summed E-state index contributed by atoms with van der Waals surface area (Å²) in [6, 6.07) is 12.2. The first-order chi connectivity index (χ1) is 15.1. The molecule has 0 spiro atoms. The molecule has 0 fully saturated rings. The van der Waals surface area contributed by atoms with Crippen LogP contribution in [0.3, 0.4) is 0 Å². The Balaban J connectivity index is 2.16. The highest BCUT2D eigenvalue weighted by Crippen LogP contribution is 2.18. The second kappa shape index (κ2) is 11.4. The molecular formula is C23H30ClN3O4S. The van der Waals surface area contributed by atoms with E-state index in [4.69, 9.17) is 11.6 Å². The van der Waals surface area contributed by atoms with E-state index in [1.807, 2.05) is 26.0 Å². The van der Waals surface area contributed by atoms with Gasteiger partial charge in [-0.3, -0.25) is 9.59 Å². The highest BCUT2D eigenvalue weighted by Gasteiger charge is 2.26. The minimum Gasteiger partial charge on any atom is -0.350 e. The fourth-order valence-corrected chi connectivity index (χ4v) is 4.91. The van der Waals surface area contributed by atoms with Crippen LogP contribution in [-0.4, -0.2) is 43.7 Å². The third-order valence-electron chi connectivity index (χ3n) is 5.09. The van der Waals surface area contributed by atoms with E-state index in [9.17, 15) is 18.0 Å². The predicted molar refractivity (Wildman–Crippen MR) is 126 cm³/mol. The first kappa shape index (κ1) is 25.8. The van der Waals surface area contributed by atoms with Crippen LogP contribution in [0.25, 0.3) is 0 Å². The van der Waals surface area contributed by atoms with Crippen LogP contribution >= 0.6 is 11.6 Å². The number of halogens is 1. The SMILES string of the molecule is CCN(CC)S(=O)(=O)c1cccc(C(=O)NC(C(=O)NCc2ccccc2Cl)C(C)C)c1. The number of benzene rings is 2. The highest BCUT2D eigenvalue weighted by molar-refractivity contribution is 7.89. The van der Waals surface area contributed by atoms with Crippen molar-refractivity contribution < 1.29 is 18.0 Å². The van der Waals surface area contributed by atoms with Crippen LogP contribution in [-0.2, 0) is 21.4 Å². The van der Waals surface area contributed by atoms with Gasteiger partial charge in [-0.2, -0.15) is 4.31 Å². The van der Waals surface area contributed by atoms with Crippen LogP contribution < -0.4 is 10.6 Å². The van der Waals surface area contributed by atoms with E-state index in [0.717, 1.165) is 5.56 Å². The zero-order valence-electron chi connectivity index (χ0n) is 18.8. The van der Waals surface area contributed by atoms with Crippen molar-refractivity contribution in [3.63, 3.8) is 0 Å². The maximum absolute atomic E-state index is 12.9. The van der Waals surface area contributed by atoms with E-state index < -0.39 is 22.0 Å². The van der Waals surface area contributed by atoms with Gasteiger partial charge in [0, 0.05) is 30.2 Å². The molecule has 2 N–H and O–H groups in total. The van der Waals surface area contributed by atoms with Gasteiger partial charge in [0.2, 0.25) is 15.9 Å². The topological polar surface area (TPSA) is 95.6 Å². The molecule has 174 valence electrons. The molecule has 0 bridgehead atoms. The Morgan fingerprint density at radius 2 is 1.69 bits per heavy atom. The highest BCUT2D eigenvalue weighted by atomic mass is 35.5. The van der Waals surface area contributed by atoms with Gasteiger partial charge in [-0.25, -0.2) is 8.42 Å². The van der Waals surface area contributed by atoms with E-state index in [1.54, 1.807) is 26.0 Å². The first-order valence-corrected chi connectivity index (χ1v) is 12.4. The standard InChI is InChI=1S/C23H30ClN3O4S/c1-5-27(6-2)32(30,31)19-12-9-11-17(14-19)22(28)26-21(16(3)4)23(29)25-15-18-10-7-8-13-20(18)24/h7-14,16,21H,5-6,15H2,1-4H3,(H,25,29)(H,26,28). The van der Waals surface area contributed by atoms with Crippen LogP contribution in [0.15, 0.2) is 53.4 Å². The van der Waals surface area contributed by atoms with E-state index in [-0.39, 0.29) is 28.8 Å². The van der Waals surface area contributed by atoms with Crippen LogP contribution in [0.2, 0.25) is 5.02 Å². The number of hydrogen-bond acceptors (Lipinski definition) is 4. The summed E-state index contributed by atoms with van der Waals surface area (Å²) in [4.78, 5) is 25.7. The summed E-state index contributed by atoms with van der Waals surface area (Å²) in [7, 11) is -3.70. The molecule has 7 nitrogen and oxygen atoms in total. The smallest absolute Gasteiger partial charge is 0.251 e. The fourth-order valence-electron chi connectivity index (χ4n) is 3.20. The summed E-state index contributed by atoms with van der Waals surface area (Å²) in [5.74, 6) is -1.05. The molecule has 0 aromatic heterocycles. The average Bonchev–Trinajstić information content (AvgIpc) is 2.77. The molecule has 0 saturated heterocycles. The maximum Gasteiger partial charge on any atom is 0.251 e. The summed E-state index contributed by atoms with van der Waals surface area (Å²) < 4.78 is 26.9. The number of carbonyl (C=O) groups excluding carboxylic acids is 2. The maximum atomic E-state index is 12.9. The third-order valence-corrected chi connectivity index (χ3v) is 7.50. The van der Waals surface area contributed by atoms with E-state index >= 15 is 0 Å². The van der Waals surface area contributed by atoms with Gasteiger partial charge in [-0.1, -0.05) is 63.6 Å². The Morgan fingerprint density at radius 1 is 1.03 bits per heavy atom. The van der Waals surface area contributed by atoms with Crippen molar-refractivity contribution >= 4 is 33.4 Å². The second-order valence-electron chi connectivity index (χ2n) is 7.62. The van der Waals surface area contributed by atoms with Crippen LogP contribution in [0.4, 0.5) is 0 Å². The Bertz CT molecular complexity index is 1050. The molecule has 0 aliphatic heterocycles. The quantitative estimate of drug-likeness (QED) is 0.545. The lowest BCUT2D eigenvalue weighted by atomic mass is 10.0. The zero-order chi connectivity index (χ0) is 23.9. The summed E-state index contributed by atoms with van der Waals surface area (Å²) >= 11 is 6.14. The molecule has 0 aliphatic rings. The second-order valence-corrected chi connectivity index (χ2v) is 9.97. The molecule has 0 saturated carbocycles. The Labute approximate surface area is 195 Å². The minimum absolute atomic E-state index is 0.0399. The number of nitrogens with zero attached hydrogens (tertiary/aromatic N) is 1. The Kier molecular flexibility index (Phi) is 9.24. The van der Waals surface area contributed by atoms with Crippen molar-refractivity contribution in [2.45, 2.75) is 45.2 Å². The lowest BCUT2D eigenvalue weighted by molar-refractivity contribution is -0.124. The molecule has 2 rings (SSSR count). The normalized spacial score (nSPS) is 12.6. The average molecular weight is 480 g/mol. The number of hydrogen-bond donors (Lipinski definition) is 2. The van der Waals surface area contributed by atoms with Gasteiger partial charge in [0.05, 0.1) is 4.90 Å². The predicted octanol–water partition coefficient (Wildman–Crippen LogP) is 3.44. The molecular weight excluding hydrogens is 450 g/mol. The third kappa shape index (κ3) is 6.31. The molecule has 2 aromatic carbocycles. The van der Waals surface area contributed by atoms with Crippen LogP contribution in [0.1, 0.15) is 43.6 Å². The van der Waals surface area contributed by atoms with Gasteiger partial charge in [0.1, 0.15) is 6.04 Å². The zero-order valence-corrected chi connectivity index (χ0v) is 20.3. The fraction of sp³-hybridized carbons (Fsp3) is 0.391. The Hall–Kier alpha value is -2.42. The number of amides is 2. The van der Waals surface area contributed by atoms with Gasteiger partial charge in [0.25, 0.3) is 5.91 Å². The number of nitrogens with one attached hydrogen (secondary N) is 2. The van der Waals surface area contributed by atoms with Gasteiger partial charge < -0.3 is 10.6 Å². The first-order valence-electron chi connectivity index (χ1n) is 10.5. The lowest BCUT2D eigenvalue weighted by Crippen LogP contribution is -2.49. The molecule has 2 amide bonds. The van der Waals surface area contributed by atoms with Crippen molar-refractivity contribution in [3.8, 4) is 0 Å². The van der Waals surface area contributed by atoms with E-state index in [1.165, 1.54) is 28.6 Å². The van der Waals surface area contributed by atoms with Gasteiger partial charge >= 0.3 is 0 Å². The van der Waals surface area contributed by atoms with Crippen LogP contribution in [0.5, 0.6) is 0 Å². The van der Waals surface area contributed by atoms with Crippen molar-refractivity contribution in [1.29, 1.82) is 0 Å². The Morgan fingerprint density at radius 3 is 2.28 bits per heavy atom. The lowest BCUT2D eigenvalue weighted by Gasteiger charge is -2.22. The van der Waals surface area contributed by atoms with Crippen LogP contribution in [0, 0.1) is 5.92 Å². The molecule has 9 heteroatoms. The number of rotatable bonds is 10. The molecule has 1 atom stereocenters.